The van der Waals surface area contributed by atoms with Crippen LogP contribution in [0.5, 0.6) is 0 Å². The monoisotopic (exact) mass is 1020 g/mol. The third-order valence-electron chi connectivity index (χ3n) is 11.5. The van der Waals surface area contributed by atoms with Crippen LogP contribution in [0.2, 0.25) is 0 Å². The number of likely N-dealkylation sites (N-methyl/N-ethyl adjacent to an activating group) is 1. The minimum atomic E-state index is -4.40. The molecular weight excluding hydrogens is 918 g/mol. The number of allylic oxidation sites excluding steroid dienone is 20. The molecule has 0 spiro atoms. The maximum atomic E-state index is 12.8. The van der Waals surface area contributed by atoms with Crippen LogP contribution in [0.1, 0.15) is 206 Å². The molecule has 0 bridgehead atoms. The lowest BCUT2D eigenvalue weighted by molar-refractivity contribution is -0.870. The van der Waals surface area contributed by atoms with Gasteiger partial charge >= 0.3 is 19.8 Å². The Hall–Kier alpha value is -3.59. The van der Waals surface area contributed by atoms with Gasteiger partial charge in [0.1, 0.15) is 19.8 Å². The number of ether oxygens (including phenoxy) is 2. The molecule has 1 N–H and O–H groups in total. The predicted molar refractivity (Wildman–Crippen MR) is 307 cm³/mol. The van der Waals surface area contributed by atoms with Gasteiger partial charge in [0.25, 0.3) is 0 Å². The fraction of sp³-hybridized carbons (Fsp3) is 0.645. The molecule has 0 saturated heterocycles. The van der Waals surface area contributed by atoms with Gasteiger partial charge in [-0.2, -0.15) is 0 Å². The summed E-state index contributed by atoms with van der Waals surface area (Å²) in [5.74, 6) is -0.833. The lowest BCUT2D eigenvalue weighted by Gasteiger charge is -2.24. The molecule has 0 radical (unpaired) electrons. The molecule has 72 heavy (non-hydrogen) atoms. The van der Waals surface area contributed by atoms with E-state index in [1.54, 1.807) is 0 Å². The normalized spacial score (nSPS) is 14.2. The topological polar surface area (TPSA) is 108 Å². The number of phosphoric ester groups is 1. The van der Waals surface area contributed by atoms with E-state index < -0.39 is 26.5 Å². The summed E-state index contributed by atoms with van der Waals surface area (Å²) in [7, 11) is 1.44. The first-order chi connectivity index (χ1) is 35.0. The zero-order valence-electron chi connectivity index (χ0n) is 46.4. The van der Waals surface area contributed by atoms with Gasteiger partial charge in [0, 0.05) is 12.8 Å². The van der Waals surface area contributed by atoms with Gasteiger partial charge in [0.2, 0.25) is 0 Å². The van der Waals surface area contributed by atoms with Crippen molar-refractivity contribution in [2.75, 3.05) is 47.5 Å². The lowest BCUT2D eigenvalue weighted by Crippen LogP contribution is -2.37. The molecule has 0 amide bonds. The summed E-state index contributed by atoms with van der Waals surface area (Å²) >= 11 is 0. The molecule has 9 nitrogen and oxygen atoms in total. The van der Waals surface area contributed by atoms with E-state index in [1.807, 2.05) is 21.1 Å². The number of hydrogen-bond donors (Lipinski definition) is 1. The van der Waals surface area contributed by atoms with Gasteiger partial charge in [-0.3, -0.25) is 18.6 Å². The third kappa shape index (κ3) is 55.7. The molecule has 10 heteroatoms. The van der Waals surface area contributed by atoms with Crippen LogP contribution >= 0.6 is 7.82 Å². The standard InChI is InChI=1S/C62H104NO8P/c1-6-8-10-12-14-16-18-20-21-22-23-24-25-26-27-28-29-30-31-32-33-34-35-36-37-38-39-40-41-43-45-47-49-51-53-55-62(65)71-60(59-70-72(66,67)69-57-56-63(3,4)5)58-68-61(64)54-52-50-48-46-44-42-19-17-15-13-11-9-7-2/h8,10,14,16,20-21,23-24,26-27,29-30,32-33,35-36,38-39,41,43,60H,6-7,9,11-13,15,17-19,22,25,28,31,34,37,40,42,44-59H2,1-5H3/p+1/b10-8-,16-14-,21-20-,24-23-,27-26-,30-29-,33-32-,36-35-,39-38-,43-41-. The summed E-state index contributed by atoms with van der Waals surface area (Å²) in [6, 6.07) is 0. The summed E-state index contributed by atoms with van der Waals surface area (Å²) < 4.78 is 34.4. The molecule has 0 aliphatic carbocycles. The van der Waals surface area contributed by atoms with Crippen molar-refractivity contribution in [2.45, 2.75) is 213 Å². The Balaban J connectivity index is 4.23. The van der Waals surface area contributed by atoms with Gasteiger partial charge < -0.3 is 18.9 Å². The molecule has 410 valence electrons. The Labute approximate surface area is 441 Å². The zero-order valence-corrected chi connectivity index (χ0v) is 47.3. The first kappa shape index (κ1) is 68.4. The summed E-state index contributed by atoms with van der Waals surface area (Å²) in [5.41, 5.74) is 0. The molecule has 0 aromatic heterocycles. The van der Waals surface area contributed by atoms with Gasteiger partial charge in [0.15, 0.2) is 6.10 Å². The number of nitrogens with zero attached hydrogens (tertiary/aromatic N) is 1. The summed E-state index contributed by atoms with van der Waals surface area (Å²) in [4.78, 5) is 35.6. The van der Waals surface area contributed by atoms with E-state index in [1.165, 1.54) is 64.2 Å². The van der Waals surface area contributed by atoms with Crippen LogP contribution in [0.4, 0.5) is 0 Å². The number of hydrogen-bond acceptors (Lipinski definition) is 7. The quantitative estimate of drug-likeness (QED) is 0.0211. The Morgan fingerprint density at radius 2 is 0.792 bits per heavy atom. The largest absolute Gasteiger partial charge is 0.472 e. The highest BCUT2D eigenvalue weighted by molar-refractivity contribution is 7.47. The molecule has 0 aliphatic heterocycles. The number of unbranched alkanes of at least 4 members (excludes halogenated alkanes) is 16. The number of esters is 2. The van der Waals surface area contributed by atoms with Crippen molar-refractivity contribution >= 4 is 19.8 Å². The van der Waals surface area contributed by atoms with Gasteiger partial charge in [-0.1, -0.05) is 225 Å². The van der Waals surface area contributed by atoms with Crippen molar-refractivity contribution in [3.05, 3.63) is 122 Å². The summed E-state index contributed by atoms with van der Waals surface area (Å²) in [5, 5.41) is 0. The fourth-order valence-corrected chi connectivity index (χ4v) is 7.90. The second-order valence-corrected chi connectivity index (χ2v) is 21.0. The Kier molecular flexibility index (Phi) is 49.7. The highest BCUT2D eigenvalue weighted by atomic mass is 31.2. The average molecular weight is 1020 g/mol. The molecule has 0 saturated carbocycles. The Morgan fingerprint density at radius 1 is 0.444 bits per heavy atom. The minimum Gasteiger partial charge on any atom is -0.462 e. The van der Waals surface area contributed by atoms with Crippen molar-refractivity contribution in [3.8, 4) is 0 Å². The van der Waals surface area contributed by atoms with E-state index >= 15 is 0 Å². The second-order valence-electron chi connectivity index (χ2n) is 19.6. The number of quaternary nitrogens is 1. The maximum Gasteiger partial charge on any atom is 0.472 e. The molecule has 0 aromatic carbocycles. The highest BCUT2D eigenvalue weighted by Gasteiger charge is 2.27. The van der Waals surface area contributed by atoms with E-state index in [4.69, 9.17) is 18.5 Å². The van der Waals surface area contributed by atoms with Gasteiger partial charge in [-0.25, -0.2) is 4.57 Å². The molecule has 2 atom stereocenters. The van der Waals surface area contributed by atoms with Crippen molar-refractivity contribution in [3.63, 3.8) is 0 Å². The van der Waals surface area contributed by atoms with Gasteiger partial charge in [-0.15, -0.1) is 0 Å². The van der Waals surface area contributed by atoms with Crippen LogP contribution < -0.4 is 0 Å². The number of carbonyl (C=O) groups is 2. The van der Waals surface area contributed by atoms with Crippen molar-refractivity contribution in [1.82, 2.24) is 0 Å². The maximum absolute atomic E-state index is 12.8. The summed E-state index contributed by atoms with van der Waals surface area (Å²) in [6.07, 6.45) is 74.1. The van der Waals surface area contributed by atoms with Crippen LogP contribution in [-0.4, -0.2) is 74.9 Å². The number of rotatable bonds is 50. The number of phosphoric acid groups is 1. The van der Waals surface area contributed by atoms with Crippen LogP contribution in [0.3, 0.4) is 0 Å². The first-order valence-corrected chi connectivity index (χ1v) is 29.8. The lowest BCUT2D eigenvalue weighted by atomic mass is 10.0. The number of carbonyl (C=O) groups excluding carboxylic acids is 2. The molecule has 0 aromatic rings. The van der Waals surface area contributed by atoms with E-state index in [0.29, 0.717) is 17.4 Å². The molecule has 0 heterocycles. The smallest absolute Gasteiger partial charge is 0.462 e. The Morgan fingerprint density at radius 3 is 1.18 bits per heavy atom. The van der Waals surface area contributed by atoms with Crippen molar-refractivity contribution in [2.24, 2.45) is 0 Å². The van der Waals surface area contributed by atoms with Crippen LogP contribution in [-0.2, 0) is 32.7 Å². The van der Waals surface area contributed by atoms with E-state index in [0.717, 1.165) is 109 Å². The predicted octanol–water partition coefficient (Wildman–Crippen LogP) is 17.6. The fourth-order valence-electron chi connectivity index (χ4n) is 7.16. The van der Waals surface area contributed by atoms with Crippen molar-refractivity contribution in [1.29, 1.82) is 0 Å². The third-order valence-corrected chi connectivity index (χ3v) is 12.5. The molecule has 2 unspecified atom stereocenters. The SMILES string of the molecule is CC/C=C\C/C=C\C/C=C\C/C=C\C/C=C\C/C=C\C/C=C\C/C=C\C/C=C\C/C=C\CCCCCCC(=O)OC(COC(=O)CCCCCCCCCCCCCCC)COP(=O)(O)OCC[N+](C)(C)C. The average Bonchev–Trinajstić information content (AvgIpc) is 3.34. The second kappa shape index (κ2) is 52.3. The Bertz CT molecular complexity index is 1630. The van der Waals surface area contributed by atoms with Crippen LogP contribution in [0, 0.1) is 0 Å². The van der Waals surface area contributed by atoms with E-state index in [2.05, 4.69) is 135 Å². The van der Waals surface area contributed by atoms with Gasteiger partial charge in [-0.05, 0) is 89.9 Å². The van der Waals surface area contributed by atoms with E-state index in [9.17, 15) is 19.0 Å². The first-order valence-electron chi connectivity index (χ1n) is 28.3. The van der Waals surface area contributed by atoms with Crippen LogP contribution in [0.25, 0.3) is 0 Å². The van der Waals surface area contributed by atoms with Crippen molar-refractivity contribution < 1.29 is 42.1 Å². The van der Waals surface area contributed by atoms with Gasteiger partial charge in [0.05, 0.1) is 27.7 Å². The molecular formula is C62H105NO8P+. The van der Waals surface area contributed by atoms with E-state index in [-0.39, 0.29) is 32.0 Å². The molecule has 0 aliphatic rings. The minimum absolute atomic E-state index is 0.0211. The zero-order chi connectivity index (χ0) is 52.7. The summed E-state index contributed by atoms with van der Waals surface area (Å²) in [6.45, 7) is 4.27. The highest BCUT2D eigenvalue weighted by Crippen LogP contribution is 2.43. The molecule has 0 rings (SSSR count). The van der Waals surface area contributed by atoms with Crippen LogP contribution in [0.15, 0.2) is 122 Å². The molecule has 0 fully saturated rings.